The Labute approximate surface area is 226 Å². The van der Waals surface area contributed by atoms with Crippen LogP contribution in [0.15, 0.2) is 83.5 Å². The topological polar surface area (TPSA) is 74.8 Å². The normalized spacial score (nSPS) is 18.6. The molecular weight excluding hydrogens is 505 g/mol. The molecule has 0 saturated carbocycles. The SMILES string of the molecule is CNC(=O)CCCNCCOc1ccc(/C(C2=CC3C=NNC3C=C2)=C(/CC(F)(F)F)c2ccccc2)cc1. The average Bonchev–Trinajstić information content (AvgIpc) is 3.41. The van der Waals surface area contributed by atoms with Crippen molar-refractivity contribution in [1.29, 1.82) is 0 Å². The molecule has 2 unspecified atom stereocenters. The highest BCUT2D eigenvalue weighted by molar-refractivity contribution is 6.00. The van der Waals surface area contributed by atoms with Crippen LogP contribution in [0.25, 0.3) is 11.1 Å². The van der Waals surface area contributed by atoms with Crippen LogP contribution in [0.5, 0.6) is 5.75 Å². The van der Waals surface area contributed by atoms with E-state index in [4.69, 9.17) is 4.74 Å². The average molecular weight is 539 g/mol. The number of hydrazone groups is 1. The number of benzene rings is 2. The van der Waals surface area contributed by atoms with E-state index in [1.807, 2.05) is 30.4 Å². The summed E-state index contributed by atoms with van der Waals surface area (Å²) in [6, 6.07) is 15.9. The molecule has 0 bridgehead atoms. The van der Waals surface area contributed by atoms with Crippen molar-refractivity contribution in [2.45, 2.75) is 31.5 Å². The van der Waals surface area contributed by atoms with E-state index in [1.54, 1.807) is 55.7 Å². The van der Waals surface area contributed by atoms with Gasteiger partial charge in [-0.25, -0.2) is 0 Å². The summed E-state index contributed by atoms with van der Waals surface area (Å²) in [5.74, 6) is 0.608. The molecule has 206 valence electrons. The lowest BCUT2D eigenvalue weighted by Crippen LogP contribution is -2.26. The van der Waals surface area contributed by atoms with Crippen molar-refractivity contribution in [3.05, 3.63) is 89.5 Å². The Morgan fingerprint density at radius 2 is 1.82 bits per heavy atom. The van der Waals surface area contributed by atoms with Gasteiger partial charge < -0.3 is 20.8 Å². The third kappa shape index (κ3) is 8.07. The van der Waals surface area contributed by atoms with Gasteiger partial charge in [0.1, 0.15) is 12.4 Å². The van der Waals surface area contributed by atoms with Crippen molar-refractivity contribution < 1.29 is 22.7 Å². The maximum atomic E-state index is 13.9. The fraction of sp³-hybridized carbons (Fsp3) is 0.333. The number of carbonyl (C=O) groups is 1. The molecule has 0 spiro atoms. The van der Waals surface area contributed by atoms with Crippen LogP contribution < -0.4 is 20.8 Å². The third-order valence-corrected chi connectivity index (χ3v) is 6.56. The largest absolute Gasteiger partial charge is 0.492 e. The number of hydrogen-bond acceptors (Lipinski definition) is 5. The number of carbonyl (C=O) groups excluding carboxylic acids is 1. The summed E-state index contributed by atoms with van der Waals surface area (Å²) in [6.45, 7) is 1.74. The second-order valence-corrected chi connectivity index (χ2v) is 9.40. The van der Waals surface area contributed by atoms with Crippen LogP contribution in [-0.4, -0.2) is 51.1 Å². The van der Waals surface area contributed by atoms with Gasteiger partial charge in [0, 0.05) is 32.1 Å². The molecule has 2 atom stereocenters. The van der Waals surface area contributed by atoms with Gasteiger partial charge in [-0.1, -0.05) is 60.7 Å². The Morgan fingerprint density at radius 3 is 2.54 bits per heavy atom. The van der Waals surface area contributed by atoms with Crippen molar-refractivity contribution in [1.82, 2.24) is 16.1 Å². The van der Waals surface area contributed by atoms with E-state index in [0.717, 1.165) is 12.0 Å². The fourth-order valence-corrected chi connectivity index (χ4v) is 4.62. The highest BCUT2D eigenvalue weighted by Crippen LogP contribution is 2.41. The van der Waals surface area contributed by atoms with E-state index in [1.165, 1.54) is 0 Å². The molecule has 2 aromatic carbocycles. The fourth-order valence-electron chi connectivity index (χ4n) is 4.62. The van der Waals surface area contributed by atoms with Crippen LogP contribution in [-0.2, 0) is 4.79 Å². The lowest BCUT2D eigenvalue weighted by atomic mass is 9.83. The predicted molar refractivity (Wildman–Crippen MR) is 148 cm³/mol. The first-order valence-electron chi connectivity index (χ1n) is 13.0. The molecule has 2 aromatic rings. The Kier molecular flexibility index (Phi) is 9.59. The van der Waals surface area contributed by atoms with Gasteiger partial charge in [0.15, 0.2) is 0 Å². The minimum absolute atomic E-state index is 0.00553. The second-order valence-electron chi connectivity index (χ2n) is 9.40. The zero-order chi connectivity index (χ0) is 27.7. The minimum Gasteiger partial charge on any atom is -0.492 e. The van der Waals surface area contributed by atoms with Crippen LogP contribution in [0.2, 0.25) is 0 Å². The van der Waals surface area contributed by atoms with E-state index in [-0.39, 0.29) is 23.4 Å². The number of allylic oxidation sites excluding steroid dienone is 4. The molecule has 1 aliphatic carbocycles. The van der Waals surface area contributed by atoms with Gasteiger partial charge in [0.2, 0.25) is 5.91 Å². The standard InChI is InChI=1S/C30H33F3N4O2/c1-34-28(38)8-5-15-35-16-17-39-25-12-9-22(10-13-25)29(23-11-14-27-24(18-23)20-36-37-27)26(19-30(31,32)33)21-6-3-2-4-7-21/h2-4,6-7,9-14,18,20,24,27,35,37H,5,8,15-17,19H2,1H3,(H,34,38)/b29-26+. The number of nitrogens with one attached hydrogen (secondary N) is 3. The third-order valence-electron chi connectivity index (χ3n) is 6.56. The molecule has 1 aliphatic heterocycles. The summed E-state index contributed by atoms with van der Waals surface area (Å²) in [5, 5.41) is 9.95. The summed E-state index contributed by atoms with van der Waals surface area (Å²) < 4.78 is 47.4. The first kappa shape index (κ1) is 28.2. The van der Waals surface area contributed by atoms with Crippen LogP contribution in [0.3, 0.4) is 0 Å². The lowest BCUT2D eigenvalue weighted by Gasteiger charge is -2.23. The van der Waals surface area contributed by atoms with Gasteiger partial charge >= 0.3 is 6.18 Å². The summed E-state index contributed by atoms with van der Waals surface area (Å²) in [6.07, 6.45) is 3.34. The molecule has 3 N–H and O–H groups in total. The number of rotatable bonds is 12. The predicted octanol–water partition coefficient (Wildman–Crippen LogP) is 5.11. The van der Waals surface area contributed by atoms with Crippen LogP contribution in [0.4, 0.5) is 13.2 Å². The van der Waals surface area contributed by atoms with Crippen molar-refractivity contribution in [2.75, 3.05) is 26.7 Å². The summed E-state index contributed by atoms with van der Waals surface area (Å²) >= 11 is 0. The first-order valence-corrected chi connectivity index (χ1v) is 13.0. The highest BCUT2D eigenvalue weighted by Gasteiger charge is 2.33. The quantitative estimate of drug-likeness (QED) is 0.259. The number of alkyl halides is 3. The smallest absolute Gasteiger partial charge is 0.393 e. The molecule has 0 fully saturated rings. The van der Waals surface area contributed by atoms with Crippen LogP contribution in [0, 0.1) is 5.92 Å². The molecule has 0 saturated heterocycles. The number of hydrogen-bond donors (Lipinski definition) is 3. The molecule has 4 rings (SSSR count). The molecule has 1 amide bonds. The van der Waals surface area contributed by atoms with Gasteiger partial charge in [-0.2, -0.15) is 18.3 Å². The van der Waals surface area contributed by atoms with Gasteiger partial charge in [0.25, 0.3) is 0 Å². The molecule has 2 aliphatic rings. The van der Waals surface area contributed by atoms with E-state index in [9.17, 15) is 18.0 Å². The molecule has 0 radical (unpaired) electrons. The van der Waals surface area contributed by atoms with E-state index in [2.05, 4.69) is 21.2 Å². The Bertz CT molecular complexity index is 1240. The maximum absolute atomic E-state index is 13.9. The van der Waals surface area contributed by atoms with E-state index >= 15 is 0 Å². The summed E-state index contributed by atoms with van der Waals surface area (Å²) in [5.41, 5.74) is 5.70. The first-order chi connectivity index (χ1) is 18.8. The van der Waals surface area contributed by atoms with Crippen molar-refractivity contribution in [3.63, 3.8) is 0 Å². The lowest BCUT2D eigenvalue weighted by molar-refractivity contribution is -0.123. The molecular formula is C30H33F3N4O2. The number of fused-ring (bicyclic) bond motifs is 1. The van der Waals surface area contributed by atoms with Crippen LogP contribution >= 0.6 is 0 Å². The van der Waals surface area contributed by atoms with Gasteiger partial charge in [-0.05, 0) is 52.9 Å². The molecule has 6 nitrogen and oxygen atoms in total. The van der Waals surface area contributed by atoms with E-state index in [0.29, 0.717) is 48.6 Å². The van der Waals surface area contributed by atoms with Crippen molar-refractivity contribution >= 4 is 23.3 Å². The van der Waals surface area contributed by atoms with Crippen LogP contribution in [0.1, 0.15) is 30.4 Å². The number of amides is 1. The maximum Gasteiger partial charge on any atom is 0.393 e. The Hall–Kier alpha value is -3.85. The molecule has 39 heavy (non-hydrogen) atoms. The number of ether oxygens (including phenoxy) is 1. The van der Waals surface area contributed by atoms with Gasteiger partial charge in [-0.3, -0.25) is 4.79 Å². The minimum atomic E-state index is -4.38. The van der Waals surface area contributed by atoms with Crippen molar-refractivity contribution in [3.8, 4) is 5.75 Å². The van der Waals surface area contributed by atoms with E-state index < -0.39 is 12.6 Å². The van der Waals surface area contributed by atoms with Crippen molar-refractivity contribution in [2.24, 2.45) is 11.0 Å². The summed E-state index contributed by atoms with van der Waals surface area (Å²) in [4.78, 5) is 11.3. The molecule has 0 aromatic heterocycles. The highest BCUT2D eigenvalue weighted by atomic mass is 19.4. The second kappa shape index (κ2) is 13.3. The number of nitrogens with zero attached hydrogens (tertiary/aromatic N) is 1. The Balaban J connectivity index is 1.56. The number of halogens is 3. The zero-order valence-corrected chi connectivity index (χ0v) is 21.8. The zero-order valence-electron chi connectivity index (χ0n) is 21.8. The Morgan fingerprint density at radius 1 is 1.05 bits per heavy atom. The monoisotopic (exact) mass is 538 g/mol. The molecule has 1 heterocycles. The summed E-state index contributed by atoms with van der Waals surface area (Å²) in [7, 11) is 1.62. The van der Waals surface area contributed by atoms with Gasteiger partial charge in [-0.15, -0.1) is 0 Å². The van der Waals surface area contributed by atoms with Gasteiger partial charge in [0.05, 0.1) is 12.5 Å². The molecule has 9 heteroatoms.